The van der Waals surface area contributed by atoms with E-state index in [1.807, 2.05) is 27.7 Å². The van der Waals surface area contributed by atoms with Crippen LogP contribution in [0.4, 0.5) is 0 Å². The highest BCUT2D eigenvalue weighted by Gasteiger charge is 2.35. The molecule has 0 aliphatic rings. The average molecular weight is 298 g/mol. The average Bonchev–Trinajstić information content (AvgIpc) is 2.89. The van der Waals surface area contributed by atoms with Gasteiger partial charge in [0, 0.05) is 17.8 Å². The van der Waals surface area contributed by atoms with E-state index < -0.39 is 11.4 Å². The lowest BCUT2D eigenvalue weighted by Crippen LogP contribution is -2.42. The lowest BCUT2D eigenvalue weighted by atomic mass is 9.82. The van der Waals surface area contributed by atoms with Crippen LogP contribution in [-0.4, -0.2) is 28.5 Å². The molecule has 0 bridgehead atoms. The minimum atomic E-state index is -0.896. The van der Waals surface area contributed by atoms with Gasteiger partial charge in [0.15, 0.2) is 0 Å². The number of carboxylic acids is 1. The van der Waals surface area contributed by atoms with Gasteiger partial charge in [-0.1, -0.05) is 27.7 Å². The smallest absolute Gasteiger partial charge is 0.311 e. The van der Waals surface area contributed by atoms with Gasteiger partial charge in [-0.3, -0.25) is 9.59 Å². The minimum absolute atomic E-state index is 0.128. The summed E-state index contributed by atoms with van der Waals surface area (Å²) in [5.74, 6) is -0.893. The fraction of sp³-hybridized carbons (Fsp3) is 0.643. The van der Waals surface area contributed by atoms with Crippen LogP contribution >= 0.6 is 11.3 Å². The van der Waals surface area contributed by atoms with Crippen molar-refractivity contribution in [3.8, 4) is 0 Å². The molecule has 20 heavy (non-hydrogen) atoms. The number of nitrogens with zero attached hydrogens (tertiary/aromatic N) is 1. The van der Waals surface area contributed by atoms with Crippen LogP contribution < -0.4 is 5.32 Å². The van der Waals surface area contributed by atoms with E-state index in [9.17, 15) is 14.7 Å². The van der Waals surface area contributed by atoms with Crippen molar-refractivity contribution in [2.24, 2.45) is 5.41 Å². The molecule has 1 heterocycles. The van der Waals surface area contributed by atoms with Crippen LogP contribution in [0.5, 0.6) is 0 Å². The molecule has 0 aliphatic carbocycles. The van der Waals surface area contributed by atoms with Crippen molar-refractivity contribution in [1.29, 1.82) is 0 Å². The van der Waals surface area contributed by atoms with Crippen LogP contribution in [0.25, 0.3) is 0 Å². The Kier molecular flexibility index (Phi) is 5.68. The fourth-order valence-corrected chi connectivity index (χ4v) is 2.69. The molecule has 0 atom stereocenters. The van der Waals surface area contributed by atoms with Crippen molar-refractivity contribution in [3.05, 3.63) is 16.1 Å². The third kappa shape index (κ3) is 3.56. The summed E-state index contributed by atoms with van der Waals surface area (Å²) in [4.78, 5) is 27.6. The highest BCUT2D eigenvalue weighted by molar-refractivity contribution is 7.09. The molecule has 1 rings (SSSR count). The summed E-state index contributed by atoms with van der Waals surface area (Å²) in [6.45, 7) is 7.81. The number of nitrogens with one attached hydrogen (secondary N) is 1. The number of carboxylic acid groups (broad SMARTS) is 1. The predicted molar refractivity (Wildman–Crippen MR) is 79.2 cm³/mol. The van der Waals surface area contributed by atoms with Gasteiger partial charge in [0.05, 0.1) is 10.4 Å². The zero-order chi connectivity index (χ0) is 15.3. The number of carbonyl (C=O) groups excluding carboxylic acids is 1. The van der Waals surface area contributed by atoms with E-state index in [2.05, 4.69) is 10.3 Å². The highest BCUT2D eigenvalue weighted by atomic mass is 32.1. The summed E-state index contributed by atoms with van der Waals surface area (Å²) in [5, 5.41) is 14.6. The molecular weight excluding hydrogens is 276 g/mol. The van der Waals surface area contributed by atoms with E-state index >= 15 is 0 Å². The minimum Gasteiger partial charge on any atom is -0.481 e. The number of aliphatic carboxylic acids is 1. The van der Waals surface area contributed by atoms with Crippen molar-refractivity contribution in [1.82, 2.24) is 10.3 Å². The SMILES string of the molecule is CCC(CC)(CNC(=O)c1csc(C(C)C)n1)C(=O)O. The van der Waals surface area contributed by atoms with E-state index in [1.165, 1.54) is 11.3 Å². The molecule has 0 saturated heterocycles. The van der Waals surface area contributed by atoms with Gasteiger partial charge < -0.3 is 10.4 Å². The zero-order valence-electron chi connectivity index (χ0n) is 12.4. The molecule has 0 radical (unpaired) electrons. The first-order chi connectivity index (χ1) is 9.36. The standard InChI is InChI=1S/C14H22N2O3S/c1-5-14(6-2,13(18)19)8-15-11(17)10-7-20-12(16-10)9(3)4/h7,9H,5-6,8H2,1-4H3,(H,15,17)(H,18,19). The summed E-state index contributed by atoms with van der Waals surface area (Å²) in [7, 11) is 0. The molecule has 0 fully saturated rings. The van der Waals surface area contributed by atoms with E-state index in [0.29, 0.717) is 18.5 Å². The Bertz CT molecular complexity index is 479. The van der Waals surface area contributed by atoms with Crippen LogP contribution in [0.2, 0.25) is 0 Å². The van der Waals surface area contributed by atoms with Gasteiger partial charge >= 0.3 is 5.97 Å². The molecule has 0 unspecified atom stereocenters. The molecule has 2 N–H and O–H groups in total. The van der Waals surface area contributed by atoms with Gasteiger partial charge in [-0.15, -0.1) is 11.3 Å². The topological polar surface area (TPSA) is 79.3 Å². The Morgan fingerprint density at radius 2 is 2.00 bits per heavy atom. The van der Waals surface area contributed by atoms with E-state index in [0.717, 1.165) is 5.01 Å². The van der Waals surface area contributed by atoms with Crippen molar-refractivity contribution >= 4 is 23.2 Å². The van der Waals surface area contributed by atoms with Gasteiger partial charge in [-0.25, -0.2) is 4.98 Å². The molecule has 112 valence electrons. The summed E-state index contributed by atoms with van der Waals surface area (Å²) >= 11 is 1.45. The van der Waals surface area contributed by atoms with E-state index in [4.69, 9.17) is 0 Å². The molecule has 6 heteroatoms. The van der Waals surface area contributed by atoms with Crippen LogP contribution in [0.15, 0.2) is 5.38 Å². The summed E-state index contributed by atoms with van der Waals surface area (Å²) < 4.78 is 0. The Hall–Kier alpha value is -1.43. The maximum absolute atomic E-state index is 12.0. The molecule has 5 nitrogen and oxygen atoms in total. The first-order valence-corrected chi connectivity index (χ1v) is 7.71. The number of hydrogen-bond donors (Lipinski definition) is 2. The maximum Gasteiger partial charge on any atom is 0.311 e. The second-order valence-corrected chi connectivity index (χ2v) is 6.09. The van der Waals surface area contributed by atoms with E-state index in [-0.39, 0.29) is 18.4 Å². The lowest BCUT2D eigenvalue weighted by Gasteiger charge is -2.26. The summed E-state index contributed by atoms with van der Waals surface area (Å²) in [5.41, 5.74) is -0.530. The first-order valence-electron chi connectivity index (χ1n) is 6.83. The van der Waals surface area contributed by atoms with Gasteiger partial charge in [0.25, 0.3) is 5.91 Å². The van der Waals surface area contributed by atoms with Crippen molar-refractivity contribution in [2.45, 2.75) is 46.5 Å². The Balaban J connectivity index is 2.72. The van der Waals surface area contributed by atoms with Crippen LogP contribution in [0, 0.1) is 5.41 Å². The normalized spacial score (nSPS) is 11.7. The zero-order valence-corrected chi connectivity index (χ0v) is 13.2. The van der Waals surface area contributed by atoms with Crippen LogP contribution in [-0.2, 0) is 4.79 Å². The fourth-order valence-electron chi connectivity index (χ4n) is 1.88. The molecule has 0 spiro atoms. The van der Waals surface area contributed by atoms with Crippen molar-refractivity contribution in [2.75, 3.05) is 6.54 Å². The molecular formula is C14H22N2O3S. The monoisotopic (exact) mass is 298 g/mol. The summed E-state index contributed by atoms with van der Waals surface area (Å²) in [6, 6.07) is 0. The Labute approximate surface area is 123 Å². The molecule has 0 saturated carbocycles. The second kappa shape index (κ2) is 6.83. The Morgan fingerprint density at radius 3 is 2.40 bits per heavy atom. The number of hydrogen-bond acceptors (Lipinski definition) is 4. The number of aromatic nitrogens is 1. The Morgan fingerprint density at radius 1 is 1.40 bits per heavy atom. The maximum atomic E-state index is 12.0. The predicted octanol–water partition coefficient (Wildman–Crippen LogP) is 2.89. The number of carbonyl (C=O) groups is 2. The highest BCUT2D eigenvalue weighted by Crippen LogP contribution is 2.26. The molecule has 1 aromatic rings. The third-order valence-electron chi connectivity index (χ3n) is 3.64. The lowest BCUT2D eigenvalue weighted by molar-refractivity contribution is -0.149. The second-order valence-electron chi connectivity index (χ2n) is 5.20. The van der Waals surface area contributed by atoms with Gasteiger partial charge in [-0.05, 0) is 12.8 Å². The van der Waals surface area contributed by atoms with Crippen LogP contribution in [0.1, 0.15) is 62.0 Å². The van der Waals surface area contributed by atoms with E-state index in [1.54, 1.807) is 5.38 Å². The quantitative estimate of drug-likeness (QED) is 0.811. The number of amides is 1. The summed E-state index contributed by atoms with van der Waals surface area (Å²) in [6.07, 6.45) is 0.959. The van der Waals surface area contributed by atoms with Crippen molar-refractivity contribution < 1.29 is 14.7 Å². The molecule has 1 aromatic heterocycles. The van der Waals surface area contributed by atoms with Gasteiger partial charge in [-0.2, -0.15) is 0 Å². The third-order valence-corrected chi connectivity index (χ3v) is 4.79. The number of rotatable bonds is 7. The van der Waals surface area contributed by atoms with Gasteiger partial charge in [0.2, 0.25) is 0 Å². The number of thiazole rings is 1. The molecule has 0 aliphatic heterocycles. The first kappa shape index (κ1) is 16.6. The van der Waals surface area contributed by atoms with Crippen LogP contribution in [0.3, 0.4) is 0 Å². The molecule has 0 aromatic carbocycles. The molecule has 1 amide bonds. The van der Waals surface area contributed by atoms with Crippen molar-refractivity contribution in [3.63, 3.8) is 0 Å². The van der Waals surface area contributed by atoms with Gasteiger partial charge in [0.1, 0.15) is 5.69 Å². The largest absolute Gasteiger partial charge is 0.481 e.